The lowest BCUT2D eigenvalue weighted by molar-refractivity contribution is 0.512. The third-order valence-corrected chi connectivity index (χ3v) is 5.15. The van der Waals surface area contributed by atoms with Crippen molar-refractivity contribution in [3.63, 3.8) is 0 Å². The zero-order chi connectivity index (χ0) is 18.4. The van der Waals surface area contributed by atoms with Gasteiger partial charge in [-0.05, 0) is 30.4 Å². The van der Waals surface area contributed by atoms with Crippen molar-refractivity contribution in [1.29, 1.82) is 5.26 Å². The summed E-state index contributed by atoms with van der Waals surface area (Å²) in [5, 5.41) is 10.3. The molecule has 3 aromatic rings. The third-order valence-electron chi connectivity index (χ3n) is 5.15. The van der Waals surface area contributed by atoms with Crippen LogP contribution in [-0.2, 0) is 24.8 Å². The molecule has 0 radical (unpaired) electrons. The molecule has 26 heavy (non-hydrogen) atoms. The molecule has 0 unspecified atom stereocenters. The number of hydrogen-bond donors (Lipinski definition) is 0. The van der Waals surface area contributed by atoms with E-state index in [1.165, 1.54) is 5.69 Å². The number of aromatic nitrogens is 2. The van der Waals surface area contributed by atoms with E-state index in [0.717, 1.165) is 36.2 Å². The average Bonchev–Trinajstić information content (AvgIpc) is 3.12. The van der Waals surface area contributed by atoms with E-state index in [1.54, 1.807) is 0 Å². The number of nitriles is 1. The number of hydrogen-bond acceptors (Lipinski definition) is 2. The Kier molecular flexibility index (Phi) is 5.53. The number of nitrogens with zero attached hydrogens (tertiary/aromatic N) is 3. The van der Waals surface area contributed by atoms with Crippen LogP contribution in [0, 0.1) is 11.3 Å². The summed E-state index contributed by atoms with van der Waals surface area (Å²) in [6.07, 6.45) is 4.54. The summed E-state index contributed by atoms with van der Waals surface area (Å²) in [7, 11) is 0. The summed E-state index contributed by atoms with van der Waals surface area (Å²) >= 11 is 0. The molecule has 0 aliphatic carbocycles. The second-order valence-electron chi connectivity index (χ2n) is 6.54. The monoisotopic (exact) mass is 343 g/mol. The van der Waals surface area contributed by atoms with Gasteiger partial charge in [0.2, 0.25) is 0 Å². The van der Waals surface area contributed by atoms with Crippen molar-refractivity contribution in [2.24, 2.45) is 0 Å². The van der Waals surface area contributed by atoms with Crippen molar-refractivity contribution < 1.29 is 0 Å². The van der Waals surface area contributed by atoms with Crippen LogP contribution in [0.5, 0.6) is 0 Å². The zero-order valence-corrected chi connectivity index (χ0v) is 15.5. The molecule has 132 valence electrons. The Morgan fingerprint density at radius 3 is 1.96 bits per heavy atom. The Morgan fingerprint density at radius 1 is 0.923 bits per heavy atom. The predicted molar refractivity (Wildman–Crippen MR) is 105 cm³/mol. The number of aryl methyl sites for hydroxylation is 2. The van der Waals surface area contributed by atoms with Gasteiger partial charge in [0.25, 0.3) is 0 Å². The first-order chi connectivity index (χ1) is 12.7. The Bertz CT molecular complexity index is 833. The highest BCUT2D eigenvalue weighted by Crippen LogP contribution is 2.36. The van der Waals surface area contributed by atoms with E-state index in [0.29, 0.717) is 6.42 Å². The van der Waals surface area contributed by atoms with Gasteiger partial charge in [-0.1, -0.05) is 74.5 Å². The molecule has 0 N–H and O–H groups in total. The van der Waals surface area contributed by atoms with Gasteiger partial charge in [-0.2, -0.15) is 5.26 Å². The van der Waals surface area contributed by atoms with E-state index in [2.05, 4.69) is 53.7 Å². The standard InChI is InChI=1S/C23H25N3/c1-3-21-22(4-2)26(18-25-21)16-15-23(17-24,19-11-7-5-8-12-19)20-13-9-6-10-14-20/h5-14,18H,3-4,15-16H2,1-2H3. The van der Waals surface area contributed by atoms with Gasteiger partial charge in [0.15, 0.2) is 0 Å². The van der Waals surface area contributed by atoms with Crippen LogP contribution in [0.1, 0.15) is 42.8 Å². The molecule has 0 saturated heterocycles. The van der Waals surface area contributed by atoms with Crippen LogP contribution in [0.25, 0.3) is 0 Å². The fourth-order valence-corrected chi connectivity index (χ4v) is 3.72. The van der Waals surface area contributed by atoms with Gasteiger partial charge < -0.3 is 4.57 Å². The molecule has 3 rings (SSSR count). The number of benzene rings is 2. The van der Waals surface area contributed by atoms with Crippen molar-refractivity contribution in [3.05, 3.63) is 89.5 Å². The molecule has 0 bridgehead atoms. The molecule has 0 aliphatic rings. The smallest absolute Gasteiger partial charge is 0.109 e. The van der Waals surface area contributed by atoms with Crippen LogP contribution in [0.2, 0.25) is 0 Å². The highest BCUT2D eigenvalue weighted by atomic mass is 15.1. The van der Waals surface area contributed by atoms with Gasteiger partial charge in [-0.3, -0.25) is 0 Å². The minimum absolute atomic E-state index is 0.663. The van der Waals surface area contributed by atoms with E-state index in [-0.39, 0.29) is 0 Å². The summed E-state index contributed by atoms with van der Waals surface area (Å²) in [6, 6.07) is 22.9. The lowest BCUT2D eigenvalue weighted by atomic mass is 9.73. The minimum Gasteiger partial charge on any atom is -0.334 e. The largest absolute Gasteiger partial charge is 0.334 e. The summed E-state index contributed by atoms with van der Waals surface area (Å²) in [5.41, 5.74) is 3.87. The molecule has 0 fully saturated rings. The summed E-state index contributed by atoms with van der Waals surface area (Å²) < 4.78 is 2.22. The van der Waals surface area contributed by atoms with Crippen molar-refractivity contribution >= 4 is 0 Å². The summed E-state index contributed by atoms with van der Waals surface area (Å²) in [6.45, 7) is 5.07. The fraction of sp³-hybridized carbons (Fsp3) is 0.304. The van der Waals surface area contributed by atoms with Crippen LogP contribution >= 0.6 is 0 Å². The first-order valence-corrected chi connectivity index (χ1v) is 9.30. The summed E-state index contributed by atoms with van der Waals surface area (Å²) in [5.74, 6) is 0. The normalized spacial score (nSPS) is 11.3. The lowest BCUT2D eigenvalue weighted by Gasteiger charge is -2.28. The Hall–Kier alpha value is -2.86. The topological polar surface area (TPSA) is 41.6 Å². The number of rotatable bonds is 7. The highest BCUT2D eigenvalue weighted by Gasteiger charge is 2.34. The SMILES string of the molecule is CCc1ncn(CCC(C#N)(c2ccccc2)c2ccccc2)c1CC. The molecule has 1 heterocycles. The molecule has 0 spiro atoms. The zero-order valence-electron chi connectivity index (χ0n) is 15.5. The van der Waals surface area contributed by atoms with Gasteiger partial charge in [-0.15, -0.1) is 0 Å². The van der Waals surface area contributed by atoms with Crippen LogP contribution in [0.4, 0.5) is 0 Å². The minimum atomic E-state index is -0.663. The van der Waals surface area contributed by atoms with Gasteiger partial charge in [0.05, 0.1) is 18.1 Å². The van der Waals surface area contributed by atoms with E-state index < -0.39 is 5.41 Å². The van der Waals surface area contributed by atoms with Gasteiger partial charge in [0, 0.05) is 12.2 Å². The lowest BCUT2D eigenvalue weighted by Crippen LogP contribution is -2.28. The first-order valence-electron chi connectivity index (χ1n) is 9.30. The molecule has 0 saturated carbocycles. The van der Waals surface area contributed by atoms with Gasteiger partial charge in [0.1, 0.15) is 5.41 Å². The molecule has 0 aliphatic heterocycles. The fourth-order valence-electron chi connectivity index (χ4n) is 3.72. The van der Waals surface area contributed by atoms with Crippen molar-refractivity contribution in [2.45, 2.75) is 45.1 Å². The maximum absolute atomic E-state index is 10.3. The van der Waals surface area contributed by atoms with E-state index in [4.69, 9.17) is 0 Å². The van der Waals surface area contributed by atoms with Crippen LogP contribution in [0.3, 0.4) is 0 Å². The predicted octanol–water partition coefficient (Wildman–Crippen LogP) is 4.91. The maximum Gasteiger partial charge on any atom is 0.109 e. The second kappa shape index (κ2) is 8.01. The molecule has 1 aromatic heterocycles. The molecule has 0 atom stereocenters. The second-order valence-corrected chi connectivity index (χ2v) is 6.54. The van der Waals surface area contributed by atoms with Gasteiger partial charge in [-0.25, -0.2) is 4.98 Å². The van der Waals surface area contributed by atoms with Crippen molar-refractivity contribution in [3.8, 4) is 6.07 Å². The van der Waals surface area contributed by atoms with Crippen molar-refractivity contribution in [1.82, 2.24) is 9.55 Å². The molecule has 3 heteroatoms. The summed E-state index contributed by atoms with van der Waals surface area (Å²) in [4.78, 5) is 4.56. The van der Waals surface area contributed by atoms with Crippen molar-refractivity contribution in [2.75, 3.05) is 0 Å². The van der Waals surface area contributed by atoms with E-state index >= 15 is 0 Å². The molecule has 0 amide bonds. The Labute approximate surface area is 155 Å². The maximum atomic E-state index is 10.3. The molecular formula is C23H25N3. The van der Waals surface area contributed by atoms with Crippen LogP contribution in [-0.4, -0.2) is 9.55 Å². The van der Waals surface area contributed by atoms with Gasteiger partial charge >= 0.3 is 0 Å². The molecule has 3 nitrogen and oxygen atoms in total. The third kappa shape index (κ3) is 3.28. The molecule has 2 aromatic carbocycles. The van der Waals surface area contributed by atoms with E-state index in [9.17, 15) is 5.26 Å². The number of imidazole rings is 1. The quantitative estimate of drug-likeness (QED) is 0.612. The highest BCUT2D eigenvalue weighted by molar-refractivity contribution is 5.45. The first kappa shape index (κ1) is 17.9. The Balaban J connectivity index is 2.00. The van der Waals surface area contributed by atoms with E-state index in [1.807, 2.05) is 42.7 Å². The van der Waals surface area contributed by atoms with Crippen LogP contribution < -0.4 is 0 Å². The molecular weight excluding hydrogens is 318 g/mol. The average molecular weight is 343 g/mol. The Morgan fingerprint density at radius 2 is 1.50 bits per heavy atom. The van der Waals surface area contributed by atoms with Crippen LogP contribution in [0.15, 0.2) is 67.0 Å².